The van der Waals surface area contributed by atoms with Gasteiger partial charge in [0.25, 0.3) is 8.80 Å². The molecule has 0 heterocycles. The molecule has 1 rings (SSSR count). The summed E-state index contributed by atoms with van der Waals surface area (Å²) in [5.41, 5.74) is 0.656. The molecule has 0 aliphatic carbocycles. The average Bonchev–Trinajstić information content (AvgIpc) is 2.95. The number of alkyl halides is 6. The molecule has 42 heavy (non-hydrogen) atoms. The first-order valence-corrected chi connectivity index (χ1v) is 15.7. The molecule has 0 aromatic heterocycles. The van der Waals surface area contributed by atoms with E-state index in [1.807, 2.05) is 0 Å². The first kappa shape index (κ1) is 48.8. The molecule has 0 unspecified atom stereocenters. The SMILES string of the molecule is CC(C)(C)[N-]C(C)(C)C.CC(C)(C)[N-]C(C)(C)C.CC(C)(C)[N-]C(C)(C)C.FC(F)(F)[SiH]([c-]1cccc1)C(F)(F)F.[Zr+4]. The summed E-state index contributed by atoms with van der Waals surface area (Å²) in [6.45, 7) is 38.2. The van der Waals surface area contributed by atoms with E-state index in [0.29, 0.717) is 0 Å². The number of nitrogens with zero attached hydrogens (tertiary/aromatic N) is 3. The fourth-order valence-electron chi connectivity index (χ4n) is 4.16. The van der Waals surface area contributed by atoms with Crippen LogP contribution in [0.15, 0.2) is 24.3 Å². The van der Waals surface area contributed by atoms with Gasteiger partial charge in [-0.05, 0) is 0 Å². The Morgan fingerprint density at radius 3 is 0.667 bits per heavy atom. The molecule has 0 saturated carbocycles. The van der Waals surface area contributed by atoms with Crippen LogP contribution in [-0.2, 0) is 26.2 Å². The van der Waals surface area contributed by atoms with Crippen LogP contribution in [0.2, 0.25) is 0 Å². The maximum absolute atomic E-state index is 12.1. The molecule has 0 atom stereocenters. The van der Waals surface area contributed by atoms with Crippen molar-refractivity contribution < 1.29 is 52.5 Å². The Hall–Kier alpha value is -0.0900. The van der Waals surface area contributed by atoms with Crippen LogP contribution in [0, 0.1) is 0 Å². The summed E-state index contributed by atoms with van der Waals surface area (Å²) < 4.78 is 72.7. The zero-order valence-electron chi connectivity index (χ0n) is 29.5. The number of rotatable bonds is 1. The van der Waals surface area contributed by atoms with Crippen LogP contribution in [0.4, 0.5) is 26.3 Å². The van der Waals surface area contributed by atoms with Crippen molar-refractivity contribution >= 4 is 14.0 Å². The van der Waals surface area contributed by atoms with Gasteiger partial charge in [0.15, 0.2) is 0 Å². The molecule has 3 nitrogen and oxygen atoms in total. The third-order valence-corrected chi connectivity index (χ3v) is 6.05. The number of hydrogen-bond donors (Lipinski definition) is 0. The average molecular weight is 707 g/mol. The van der Waals surface area contributed by atoms with Gasteiger partial charge in [-0.3, -0.25) is 0 Å². The van der Waals surface area contributed by atoms with Crippen LogP contribution in [0.25, 0.3) is 16.0 Å². The fourth-order valence-corrected chi connectivity index (χ4v) is 5.90. The van der Waals surface area contributed by atoms with Gasteiger partial charge in [-0.25, -0.2) is 12.1 Å². The van der Waals surface area contributed by atoms with Gasteiger partial charge in [0.1, 0.15) is 0 Å². The maximum Gasteiger partial charge on any atom is 4.00 e. The van der Waals surface area contributed by atoms with Gasteiger partial charge in [-0.1, -0.05) is 125 Å². The van der Waals surface area contributed by atoms with Gasteiger partial charge in [0, 0.05) is 0 Å². The molecule has 0 bridgehead atoms. The number of hydrogen-bond acceptors (Lipinski definition) is 0. The van der Waals surface area contributed by atoms with Crippen LogP contribution in [-0.4, -0.2) is 53.6 Å². The van der Waals surface area contributed by atoms with Gasteiger partial charge >= 0.3 is 37.8 Å². The predicted molar refractivity (Wildman–Crippen MR) is 170 cm³/mol. The van der Waals surface area contributed by atoms with Crippen LogP contribution in [0.5, 0.6) is 0 Å². The van der Waals surface area contributed by atoms with Crippen molar-refractivity contribution in [2.45, 2.75) is 169 Å². The largest absolute Gasteiger partial charge is 4.00 e. The first-order valence-electron chi connectivity index (χ1n) is 13.9. The van der Waals surface area contributed by atoms with Gasteiger partial charge in [0.05, 0.1) is 0 Å². The van der Waals surface area contributed by atoms with E-state index in [2.05, 4.69) is 141 Å². The third kappa shape index (κ3) is 36.1. The molecule has 11 heteroatoms. The summed E-state index contributed by atoms with van der Waals surface area (Å²) in [5.74, 6) is -10.3. The van der Waals surface area contributed by atoms with Crippen molar-refractivity contribution in [3.63, 3.8) is 0 Å². The van der Waals surface area contributed by atoms with Crippen LogP contribution in [0.3, 0.4) is 0 Å². The molecule has 0 fully saturated rings. The molecular formula is C31H59F6N3SiZr. The van der Waals surface area contributed by atoms with E-state index >= 15 is 0 Å². The summed E-state index contributed by atoms with van der Waals surface area (Å²) in [7, 11) is -4.92. The molecule has 1 aromatic rings. The molecule has 0 radical (unpaired) electrons. The maximum atomic E-state index is 12.1. The minimum absolute atomic E-state index is 0. The van der Waals surface area contributed by atoms with Crippen LogP contribution >= 0.6 is 0 Å². The molecular weight excluding hydrogens is 648 g/mol. The van der Waals surface area contributed by atoms with Gasteiger partial charge in [0.2, 0.25) is 0 Å². The Labute approximate surface area is 275 Å². The second kappa shape index (κ2) is 17.6. The molecule has 248 valence electrons. The van der Waals surface area contributed by atoms with Gasteiger partial charge in [-0.2, -0.15) is 38.5 Å². The molecule has 0 spiro atoms. The smallest absolute Gasteiger partial charge is 0.653 e. The van der Waals surface area contributed by atoms with E-state index in [-0.39, 0.29) is 59.4 Å². The van der Waals surface area contributed by atoms with Crippen molar-refractivity contribution in [2.24, 2.45) is 0 Å². The number of halogens is 6. The quantitative estimate of drug-likeness (QED) is 0.159. The summed E-state index contributed by atoms with van der Waals surface area (Å²) in [6, 6.07) is 4.09. The van der Waals surface area contributed by atoms with E-state index in [1.54, 1.807) is 0 Å². The topological polar surface area (TPSA) is 42.3 Å². The summed E-state index contributed by atoms with van der Waals surface area (Å²) in [4.78, 5) is 0. The minimum atomic E-state index is -5.16. The van der Waals surface area contributed by atoms with E-state index in [0.717, 1.165) is 12.1 Å². The molecule has 0 saturated heterocycles. The van der Waals surface area contributed by atoms with E-state index < -0.39 is 25.6 Å². The monoisotopic (exact) mass is 705 g/mol. The van der Waals surface area contributed by atoms with Crippen molar-refractivity contribution in [3.8, 4) is 0 Å². The molecule has 0 N–H and O–H groups in total. The van der Waals surface area contributed by atoms with E-state index in [1.165, 1.54) is 12.1 Å². The van der Waals surface area contributed by atoms with Gasteiger partial charge < -0.3 is 16.0 Å². The van der Waals surface area contributed by atoms with Crippen molar-refractivity contribution in [1.29, 1.82) is 0 Å². The molecule has 0 aliphatic heterocycles. The molecule has 0 aliphatic rings. The predicted octanol–water partition coefficient (Wildman–Crippen LogP) is 10.9. The standard InChI is InChI=1S/3C8H18N.C7H5F6Si.Zr/c3*1-7(2,3)9-8(4,5)6;8-6(9,10)14(7(11,12)13)5-3-1-2-4-5;/h3*1-6H3;1-4,14H;/q4*-1;+4. The van der Waals surface area contributed by atoms with Crippen LogP contribution < -0.4 is 5.19 Å². The Kier molecular flexibility index (Phi) is 20.4. The summed E-state index contributed by atoms with van der Waals surface area (Å²) in [5, 5.41) is 13.0. The first-order chi connectivity index (χ1) is 17.3. The van der Waals surface area contributed by atoms with E-state index in [9.17, 15) is 26.3 Å². The van der Waals surface area contributed by atoms with E-state index in [4.69, 9.17) is 0 Å². The minimum Gasteiger partial charge on any atom is -0.653 e. The van der Waals surface area contributed by atoms with Gasteiger partial charge in [-0.15, -0.1) is 38.4 Å². The second-order valence-corrected chi connectivity index (χ2v) is 18.9. The van der Waals surface area contributed by atoms with Crippen molar-refractivity contribution in [1.82, 2.24) is 0 Å². The Morgan fingerprint density at radius 1 is 0.405 bits per heavy atom. The van der Waals surface area contributed by atoms with Crippen molar-refractivity contribution in [3.05, 3.63) is 40.2 Å². The zero-order valence-corrected chi connectivity index (χ0v) is 33.1. The molecule has 0 amide bonds. The zero-order chi connectivity index (χ0) is 34.1. The molecule has 1 aromatic carbocycles. The Morgan fingerprint density at radius 2 is 0.571 bits per heavy atom. The Bertz CT molecular complexity index is 699. The van der Waals surface area contributed by atoms with Crippen molar-refractivity contribution in [2.75, 3.05) is 0 Å². The third-order valence-electron chi connectivity index (χ3n) is 3.69. The second-order valence-electron chi connectivity index (χ2n) is 16.1. The normalized spacial score (nSPS) is 13.5. The Balaban J connectivity index is -0.000000233. The van der Waals surface area contributed by atoms with Crippen LogP contribution in [0.1, 0.15) is 125 Å². The summed E-state index contributed by atoms with van der Waals surface area (Å²) >= 11 is 0. The summed E-state index contributed by atoms with van der Waals surface area (Å²) in [6.07, 6.45) is 0. The fraction of sp³-hybridized carbons (Fsp3) is 0.839.